The summed E-state index contributed by atoms with van der Waals surface area (Å²) in [5.74, 6) is 0.0940. The van der Waals surface area contributed by atoms with Gasteiger partial charge < -0.3 is 15.0 Å². The van der Waals surface area contributed by atoms with Gasteiger partial charge in [-0.3, -0.25) is 0 Å². The molecule has 0 aliphatic carbocycles. The maximum absolute atomic E-state index is 14.1. The number of benzene rings is 1. The van der Waals surface area contributed by atoms with Crippen LogP contribution in [0.15, 0.2) is 46.8 Å². The summed E-state index contributed by atoms with van der Waals surface area (Å²) in [6.07, 6.45) is -4.89. The summed E-state index contributed by atoms with van der Waals surface area (Å²) in [7, 11) is 0. The van der Waals surface area contributed by atoms with Crippen molar-refractivity contribution in [2.24, 2.45) is 0 Å². The van der Waals surface area contributed by atoms with Crippen LogP contribution in [0.5, 0.6) is 0 Å². The molecule has 1 fully saturated rings. The van der Waals surface area contributed by atoms with Crippen molar-refractivity contribution in [1.82, 2.24) is 10.2 Å². The summed E-state index contributed by atoms with van der Waals surface area (Å²) in [6.45, 7) is 1.99. The third-order valence-electron chi connectivity index (χ3n) is 4.19. The van der Waals surface area contributed by atoms with Gasteiger partial charge in [0, 0.05) is 19.7 Å². The Hall–Kier alpha value is -2.17. The van der Waals surface area contributed by atoms with Gasteiger partial charge in [0.2, 0.25) is 5.60 Å². The van der Waals surface area contributed by atoms with Crippen molar-refractivity contribution >= 4 is 17.3 Å². The van der Waals surface area contributed by atoms with E-state index in [1.165, 1.54) is 6.92 Å². The van der Waals surface area contributed by atoms with Gasteiger partial charge in [-0.2, -0.15) is 18.4 Å². The van der Waals surface area contributed by atoms with E-state index < -0.39 is 22.4 Å². The van der Waals surface area contributed by atoms with Crippen LogP contribution in [-0.4, -0.2) is 36.4 Å². The fourth-order valence-corrected chi connectivity index (χ4v) is 3.68. The lowest BCUT2D eigenvalue weighted by molar-refractivity contribution is -0.242. The molecule has 1 N–H and O–H groups in total. The Morgan fingerprint density at radius 1 is 1.36 bits per heavy atom. The van der Waals surface area contributed by atoms with E-state index in [9.17, 15) is 18.4 Å². The Labute approximate surface area is 148 Å². The summed E-state index contributed by atoms with van der Waals surface area (Å²) in [5.41, 5.74) is -2.82. The van der Waals surface area contributed by atoms with Crippen LogP contribution in [0.3, 0.4) is 0 Å². The zero-order valence-corrected chi connectivity index (χ0v) is 14.1. The SMILES string of the molecule is CCOC1(C(F)(F)F)C(Cl)=C(c2ccccc2)N2CCNC2=C1C#N. The quantitative estimate of drug-likeness (QED) is 0.884. The van der Waals surface area contributed by atoms with E-state index >= 15 is 0 Å². The van der Waals surface area contributed by atoms with Crippen LogP contribution in [0, 0.1) is 11.3 Å². The predicted octanol–water partition coefficient (Wildman–Crippen LogP) is 3.59. The minimum atomic E-state index is -4.89. The molecule has 1 unspecified atom stereocenters. The molecule has 132 valence electrons. The van der Waals surface area contributed by atoms with Crippen LogP contribution in [-0.2, 0) is 4.74 Å². The zero-order valence-electron chi connectivity index (χ0n) is 13.3. The van der Waals surface area contributed by atoms with Crippen LogP contribution in [0.4, 0.5) is 13.2 Å². The van der Waals surface area contributed by atoms with Crippen molar-refractivity contribution in [2.45, 2.75) is 18.7 Å². The van der Waals surface area contributed by atoms with Gasteiger partial charge in [0.25, 0.3) is 0 Å². The Morgan fingerprint density at radius 2 is 2.04 bits per heavy atom. The maximum Gasteiger partial charge on any atom is 0.427 e. The normalized spacial score (nSPS) is 23.4. The van der Waals surface area contributed by atoms with Crippen LogP contribution in [0.2, 0.25) is 0 Å². The lowest BCUT2D eigenvalue weighted by atomic mass is 9.86. The van der Waals surface area contributed by atoms with Crippen molar-refractivity contribution in [3.05, 3.63) is 52.3 Å². The molecule has 1 aromatic rings. The average Bonchev–Trinajstić information content (AvgIpc) is 3.04. The molecule has 25 heavy (non-hydrogen) atoms. The van der Waals surface area contributed by atoms with Crippen LogP contribution >= 0.6 is 11.6 Å². The molecule has 4 nitrogen and oxygen atoms in total. The largest absolute Gasteiger partial charge is 0.427 e. The molecule has 1 atom stereocenters. The Bertz CT molecular complexity index is 783. The van der Waals surface area contributed by atoms with Gasteiger partial charge >= 0.3 is 6.18 Å². The van der Waals surface area contributed by atoms with E-state index in [2.05, 4.69) is 5.32 Å². The molecule has 8 heteroatoms. The second-order valence-corrected chi connectivity index (χ2v) is 5.93. The monoisotopic (exact) mass is 369 g/mol. The number of hydrogen-bond acceptors (Lipinski definition) is 4. The van der Waals surface area contributed by atoms with Crippen LogP contribution in [0.25, 0.3) is 5.70 Å². The second-order valence-electron chi connectivity index (χ2n) is 5.55. The number of alkyl halides is 3. The van der Waals surface area contributed by atoms with Crippen molar-refractivity contribution in [1.29, 1.82) is 5.26 Å². The maximum atomic E-state index is 14.1. The van der Waals surface area contributed by atoms with Gasteiger partial charge in [-0.25, -0.2) is 0 Å². The van der Waals surface area contributed by atoms with Crippen molar-refractivity contribution < 1.29 is 17.9 Å². The summed E-state index contributed by atoms with van der Waals surface area (Å²) in [5, 5.41) is 11.8. The first-order valence-corrected chi connectivity index (χ1v) is 8.09. The number of fused-ring (bicyclic) bond motifs is 1. The number of nitriles is 1. The first kappa shape index (κ1) is 17.6. The van der Waals surface area contributed by atoms with Gasteiger partial charge in [-0.1, -0.05) is 41.9 Å². The standard InChI is InChI=1S/C17H15ClF3N3O/c1-2-25-16(17(19,20)21)12(10-22)15-23-8-9-24(15)13(14(16)18)11-6-4-3-5-7-11/h3-7,23H,2,8-9H2,1H3. The molecule has 1 saturated heterocycles. The molecule has 2 heterocycles. The van der Waals surface area contributed by atoms with Gasteiger partial charge in [-0.15, -0.1) is 0 Å². The minimum absolute atomic E-state index is 0.0940. The summed E-state index contributed by atoms with van der Waals surface area (Å²) in [4.78, 5) is 1.61. The van der Waals surface area contributed by atoms with E-state index in [0.717, 1.165) is 0 Å². The van der Waals surface area contributed by atoms with Crippen LogP contribution < -0.4 is 5.32 Å². The lowest BCUT2D eigenvalue weighted by Gasteiger charge is -2.42. The topological polar surface area (TPSA) is 48.3 Å². The average molecular weight is 370 g/mol. The fourth-order valence-electron chi connectivity index (χ4n) is 3.21. The molecule has 0 aromatic heterocycles. The molecule has 0 amide bonds. The molecule has 1 aromatic carbocycles. The first-order chi connectivity index (χ1) is 11.9. The Kier molecular flexibility index (Phi) is 4.43. The number of halogens is 4. The molecule has 2 aliphatic heterocycles. The van der Waals surface area contributed by atoms with Crippen LogP contribution in [0.1, 0.15) is 12.5 Å². The fraction of sp³-hybridized carbons (Fsp3) is 0.353. The molecular weight excluding hydrogens is 355 g/mol. The molecule has 2 aliphatic rings. The van der Waals surface area contributed by atoms with Gasteiger partial charge in [0.1, 0.15) is 17.5 Å². The van der Waals surface area contributed by atoms with E-state index in [0.29, 0.717) is 18.7 Å². The highest BCUT2D eigenvalue weighted by atomic mass is 35.5. The zero-order chi connectivity index (χ0) is 18.2. The highest BCUT2D eigenvalue weighted by Gasteiger charge is 2.65. The smallest absolute Gasteiger partial charge is 0.369 e. The Balaban J connectivity index is 2.36. The molecule has 3 rings (SSSR count). The number of nitrogens with one attached hydrogen (secondary N) is 1. The van der Waals surface area contributed by atoms with E-state index in [4.69, 9.17) is 16.3 Å². The van der Waals surface area contributed by atoms with Crippen molar-refractivity contribution in [3.8, 4) is 6.07 Å². The summed E-state index contributed by atoms with van der Waals surface area (Å²) >= 11 is 6.32. The second kappa shape index (κ2) is 6.28. The van der Waals surface area contributed by atoms with Crippen molar-refractivity contribution in [3.63, 3.8) is 0 Å². The highest BCUT2D eigenvalue weighted by molar-refractivity contribution is 6.34. The van der Waals surface area contributed by atoms with E-state index in [-0.39, 0.29) is 18.1 Å². The molecular formula is C17H15ClF3N3O. The summed E-state index contributed by atoms with van der Waals surface area (Å²) in [6, 6.07) is 10.2. The third kappa shape index (κ3) is 2.48. The highest BCUT2D eigenvalue weighted by Crippen LogP contribution is 2.53. The van der Waals surface area contributed by atoms with Gasteiger partial charge in [-0.05, 0) is 12.5 Å². The Morgan fingerprint density at radius 3 is 2.60 bits per heavy atom. The number of hydrogen-bond donors (Lipinski definition) is 1. The molecule has 0 bridgehead atoms. The van der Waals surface area contributed by atoms with Gasteiger partial charge in [0.15, 0.2) is 0 Å². The number of rotatable bonds is 3. The molecule has 0 radical (unpaired) electrons. The first-order valence-electron chi connectivity index (χ1n) is 7.71. The van der Waals surface area contributed by atoms with E-state index in [1.54, 1.807) is 41.3 Å². The van der Waals surface area contributed by atoms with Gasteiger partial charge in [0.05, 0.1) is 10.7 Å². The molecule has 0 saturated carbocycles. The third-order valence-corrected chi connectivity index (χ3v) is 4.64. The predicted molar refractivity (Wildman–Crippen MR) is 87.0 cm³/mol. The minimum Gasteiger partial charge on any atom is -0.369 e. The van der Waals surface area contributed by atoms with Crippen molar-refractivity contribution in [2.75, 3.05) is 19.7 Å². The summed E-state index contributed by atoms with van der Waals surface area (Å²) < 4.78 is 47.6. The number of nitrogens with zero attached hydrogens (tertiary/aromatic N) is 2. The lowest BCUT2D eigenvalue weighted by Crippen LogP contribution is -2.54. The number of ether oxygens (including phenoxy) is 1. The molecule has 0 spiro atoms. The van der Waals surface area contributed by atoms with E-state index in [1.807, 2.05) is 0 Å².